The van der Waals surface area contributed by atoms with Crippen molar-refractivity contribution in [3.05, 3.63) is 60.7 Å². The minimum Gasteiger partial charge on any atom is -0.452 e. The van der Waals surface area contributed by atoms with Gasteiger partial charge in [-0.3, -0.25) is 9.97 Å². The molecule has 5 heteroatoms. The zero-order chi connectivity index (χ0) is 14.8. The third kappa shape index (κ3) is 2.53. The summed E-state index contributed by atoms with van der Waals surface area (Å²) in [6.07, 6.45) is 4.92. The van der Waals surface area contributed by atoms with Gasteiger partial charge < -0.3 is 10.5 Å². The molecule has 1 aromatic carbocycles. The molecule has 0 atom stereocenters. The van der Waals surface area contributed by atoms with Crippen LogP contribution < -0.4 is 10.5 Å². The molecule has 0 spiro atoms. The fourth-order valence-corrected chi connectivity index (χ4v) is 1.93. The maximum Gasteiger partial charge on any atom is 0.167 e. The molecule has 3 rings (SSSR count). The first kappa shape index (κ1) is 13.1. The number of fused-ring (bicyclic) bond motifs is 1. The van der Waals surface area contributed by atoms with Crippen LogP contribution in [0, 0.1) is 5.82 Å². The average molecular weight is 281 g/mol. The molecule has 0 aliphatic rings. The lowest BCUT2D eigenvalue weighted by Gasteiger charge is -2.09. The van der Waals surface area contributed by atoms with Gasteiger partial charge in [0.05, 0.1) is 5.52 Å². The lowest BCUT2D eigenvalue weighted by molar-refractivity contribution is 0.445. The third-order valence-electron chi connectivity index (χ3n) is 2.97. The number of hydrogen-bond acceptors (Lipinski definition) is 4. The number of aromatic nitrogens is 2. The highest BCUT2D eigenvalue weighted by Crippen LogP contribution is 2.30. The van der Waals surface area contributed by atoms with Gasteiger partial charge in [-0.1, -0.05) is 12.7 Å². The molecule has 21 heavy (non-hydrogen) atoms. The fourth-order valence-electron chi connectivity index (χ4n) is 1.93. The second-order valence-corrected chi connectivity index (χ2v) is 4.44. The molecule has 0 aliphatic heterocycles. The van der Waals surface area contributed by atoms with Gasteiger partial charge in [0.25, 0.3) is 0 Å². The molecule has 0 fully saturated rings. The number of ether oxygens (including phenoxy) is 1. The predicted octanol–water partition coefficient (Wildman–Crippen LogP) is 3.79. The van der Waals surface area contributed by atoms with E-state index in [2.05, 4.69) is 16.5 Å². The first-order valence-electron chi connectivity index (χ1n) is 6.27. The first-order chi connectivity index (χ1) is 10.2. The molecule has 4 nitrogen and oxygen atoms in total. The van der Waals surface area contributed by atoms with Gasteiger partial charge in [0, 0.05) is 30.2 Å². The number of halogens is 1. The summed E-state index contributed by atoms with van der Waals surface area (Å²) in [6, 6.07) is 7.74. The van der Waals surface area contributed by atoms with E-state index in [1.54, 1.807) is 30.6 Å². The fraction of sp³-hybridized carbons (Fsp3) is 0. The van der Waals surface area contributed by atoms with Crippen molar-refractivity contribution in [2.24, 2.45) is 0 Å². The zero-order valence-electron chi connectivity index (χ0n) is 11.1. The van der Waals surface area contributed by atoms with E-state index in [-0.39, 0.29) is 5.75 Å². The van der Waals surface area contributed by atoms with Crippen LogP contribution in [-0.2, 0) is 0 Å². The SMILES string of the molecule is C=Cc1cnc2c(Oc3ccc(N)cc3F)ccnc2c1. The standard InChI is InChI=1S/C16H12FN3O/c1-2-10-7-13-16(20-9-10)15(5-6-19-13)21-14-4-3-11(18)8-12(14)17/h2-9H,1,18H2. The van der Waals surface area contributed by atoms with Crippen LogP contribution in [0.4, 0.5) is 10.1 Å². The van der Waals surface area contributed by atoms with Crippen LogP contribution in [0.25, 0.3) is 17.1 Å². The van der Waals surface area contributed by atoms with Crippen molar-refractivity contribution in [2.45, 2.75) is 0 Å². The molecular weight excluding hydrogens is 269 g/mol. The Labute approximate surface area is 120 Å². The van der Waals surface area contributed by atoms with E-state index in [0.29, 0.717) is 22.5 Å². The minimum atomic E-state index is -0.525. The lowest BCUT2D eigenvalue weighted by atomic mass is 10.2. The van der Waals surface area contributed by atoms with E-state index < -0.39 is 5.82 Å². The second-order valence-electron chi connectivity index (χ2n) is 4.44. The van der Waals surface area contributed by atoms with E-state index in [1.807, 2.05) is 6.07 Å². The van der Waals surface area contributed by atoms with Crippen LogP contribution in [-0.4, -0.2) is 9.97 Å². The van der Waals surface area contributed by atoms with Crippen molar-refractivity contribution in [2.75, 3.05) is 5.73 Å². The predicted molar refractivity (Wildman–Crippen MR) is 80.5 cm³/mol. The molecular formula is C16H12FN3O. The largest absolute Gasteiger partial charge is 0.452 e. The molecule has 0 aliphatic carbocycles. The summed E-state index contributed by atoms with van der Waals surface area (Å²) in [6.45, 7) is 3.69. The van der Waals surface area contributed by atoms with Crippen LogP contribution in [0.2, 0.25) is 0 Å². The van der Waals surface area contributed by atoms with Crippen molar-refractivity contribution < 1.29 is 9.13 Å². The summed E-state index contributed by atoms with van der Waals surface area (Å²) >= 11 is 0. The van der Waals surface area contributed by atoms with Gasteiger partial charge in [-0.05, 0) is 23.8 Å². The minimum absolute atomic E-state index is 0.0892. The van der Waals surface area contributed by atoms with Gasteiger partial charge in [-0.25, -0.2) is 4.39 Å². The van der Waals surface area contributed by atoms with E-state index in [4.69, 9.17) is 10.5 Å². The highest BCUT2D eigenvalue weighted by molar-refractivity contribution is 5.82. The van der Waals surface area contributed by atoms with Crippen LogP contribution in [0.15, 0.2) is 49.3 Å². The van der Waals surface area contributed by atoms with Crippen molar-refractivity contribution in [1.82, 2.24) is 9.97 Å². The van der Waals surface area contributed by atoms with E-state index in [1.165, 1.54) is 12.1 Å². The molecule has 0 saturated heterocycles. The Morgan fingerprint density at radius 1 is 1.14 bits per heavy atom. The Bertz CT molecular complexity index is 833. The zero-order valence-corrected chi connectivity index (χ0v) is 11.1. The number of benzene rings is 1. The highest BCUT2D eigenvalue weighted by atomic mass is 19.1. The van der Waals surface area contributed by atoms with Crippen molar-refractivity contribution in [3.63, 3.8) is 0 Å². The summed E-state index contributed by atoms with van der Waals surface area (Å²) in [5.41, 5.74) is 7.92. The molecule has 3 aromatic rings. The summed E-state index contributed by atoms with van der Waals surface area (Å²) in [7, 11) is 0. The third-order valence-corrected chi connectivity index (χ3v) is 2.97. The number of nitrogens with two attached hydrogens (primary N) is 1. The van der Waals surface area contributed by atoms with E-state index in [0.717, 1.165) is 5.56 Å². The van der Waals surface area contributed by atoms with Gasteiger partial charge in [0.15, 0.2) is 17.3 Å². The number of pyridine rings is 2. The van der Waals surface area contributed by atoms with Gasteiger partial charge in [0.2, 0.25) is 0 Å². The first-order valence-corrected chi connectivity index (χ1v) is 6.27. The van der Waals surface area contributed by atoms with Gasteiger partial charge in [-0.2, -0.15) is 0 Å². The number of rotatable bonds is 3. The van der Waals surface area contributed by atoms with Crippen LogP contribution >= 0.6 is 0 Å². The van der Waals surface area contributed by atoms with Crippen LogP contribution in [0.1, 0.15) is 5.56 Å². The summed E-state index contributed by atoms with van der Waals surface area (Å²) in [4.78, 5) is 8.51. The average Bonchev–Trinajstić information content (AvgIpc) is 2.49. The number of nitrogen functional groups attached to an aromatic ring is 1. The lowest BCUT2D eigenvalue weighted by Crippen LogP contribution is -1.94. The normalized spacial score (nSPS) is 10.5. The van der Waals surface area contributed by atoms with Gasteiger partial charge in [-0.15, -0.1) is 0 Å². The smallest absolute Gasteiger partial charge is 0.167 e. The Morgan fingerprint density at radius 3 is 2.76 bits per heavy atom. The maximum absolute atomic E-state index is 13.8. The molecule has 104 valence electrons. The maximum atomic E-state index is 13.8. The van der Waals surface area contributed by atoms with Crippen molar-refractivity contribution >= 4 is 22.8 Å². The van der Waals surface area contributed by atoms with Crippen molar-refractivity contribution in [3.8, 4) is 11.5 Å². The molecule has 2 N–H and O–H groups in total. The van der Waals surface area contributed by atoms with Crippen molar-refractivity contribution in [1.29, 1.82) is 0 Å². The summed E-state index contributed by atoms with van der Waals surface area (Å²) < 4.78 is 19.4. The van der Waals surface area contributed by atoms with Crippen LogP contribution in [0.3, 0.4) is 0 Å². The Hall–Kier alpha value is -2.95. The Balaban J connectivity index is 2.06. The monoisotopic (exact) mass is 281 g/mol. The molecule has 0 saturated carbocycles. The van der Waals surface area contributed by atoms with Gasteiger partial charge in [0.1, 0.15) is 5.52 Å². The number of anilines is 1. The molecule has 2 aromatic heterocycles. The topological polar surface area (TPSA) is 61.0 Å². The molecule has 0 bridgehead atoms. The van der Waals surface area contributed by atoms with Gasteiger partial charge >= 0.3 is 0 Å². The highest BCUT2D eigenvalue weighted by Gasteiger charge is 2.09. The molecule has 0 radical (unpaired) electrons. The summed E-state index contributed by atoms with van der Waals surface area (Å²) in [5.74, 6) is -0.00625. The number of nitrogens with zero attached hydrogens (tertiary/aromatic N) is 2. The number of hydrogen-bond donors (Lipinski definition) is 1. The van der Waals surface area contributed by atoms with Crippen LogP contribution in [0.5, 0.6) is 11.5 Å². The second kappa shape index (κ2) is 5.20. The molecule has 2 heterocycles. The van der Waals surface area contributed by atoms with E-state index in [9.17, 15) is 4.39 Å². The molecule has 0 amide bonds. The summed E-state index contributed by atoms with van der Waals surface area (Å²) in [5, 5.41) is 0. The molecule has 0 unspecified atom stereocenters. The quantitative estimate of drug-likeness (QED) is 0.742. The Kier molecular flexibility index (Phi) is 3.23. The Morgan fingerprint density at radius 2 is 2.00 bits per heavy atom. The van der Waals surface area contributed by atoms with E-state index >= 15 is 0 Å².